The van der Waals surface area contributed by atoms with E-state index in [0.29, 0.717) is 32.5 Å². The van der Waals surface area contributed by atoms with Crippen molar-refractivity contribution in [3.05, 3.63) is 30.1 Å². The smallest absolute Gasteiger partial charge is 0.252 e. The van der Waals surface area contributed by atoms with Gasteiger partial charge in [0.15, 0.2) is 0 Å². The van der Waals surface area contributed by atoms with Gasteiger partial charge < -0.3 is 5.32 Å². The number of piperazine rings is 1. The highest BCUT2D eigenvalue weighted by Crippen LogP contribution is 2.26. The minimum absolute atomic E-state index is 0.00534. The van der Waals surface area contributed by atoms with Crippen molar-refractivity contribution >= 4 is 15.9 Å². The van der Waals surface area contributed by atoms with Crippen LogP contribution in [0.2, 0.25) is 0 Å². The Hall–Kier alpha value is -1.55. The van der Waals surface area contributed by atoms with Crippen LogP contribution in [0.3, 0.4) is 0 Å². The van der Waals surface area contributed by atoms with Gasteiger partial charge in [-0.15, -0.1) is 0 Å². The number of nitrogens with one attached hydrogen (secondary N) is 2. The Morgan fingerprint density at radius 2 is 1.83 bits per heavy atom. The van der Waals surface area contributed by atoms with Gasteiger partial charge >= 0.3 is 0 Å². The second kappa shape index (κ2) is 7.14. The Kier molecular flexibility index (Phi) is 5.14. The molecule has 1 aromatic rings. The summed E-state index contributed by atoms with van der Waals surface area (Å²) < 4.78 is 39.8. The molecule has 2 heterocycles. The minimum Gasteiger partial charge on any atom is -0.314 e. The molecule has 0 bridgehead atoms. The first kappa shape index (κ1) is 17.3. The molecule has 0 saturated carbocycles. The third-order valence-electron chi connectivity index (χ3n) is 4.31. The highest BCUT2D eigenvalue weighted by Gasteiger charge is 2.39. The van der Waals surface area contributed by atoms with Gasteiger partial charge in [-0.1, -0.05) is 0 Å². The molecule has 2 aliphatic rings. The average Bonchev–Trinajstić information content (AvgIpc) is 3.07. The number of nitrogens with zero attached hydrogens (tertiary/aromatic N) is 2. The Labute approximate surface area is 140 Å². The van der Waals surface area contributed by atoms with Gasteiger partial charge in [-0.2, -0.15) is 4.31 Å². The van der Waals surface area contributed by atoms with Crippen LogP contribution in [-0.2, 0) is 14.8 Å². The van der Waals surface area contributed by atoms with E-state index in [1.807, 2.05) is 0 Å². The number of carbonyl (C=O) groups excluding carboxylic acids is 1. The molecule has 0 aliphatic carbocycles. The maximum Gasteiger partial charge on any atom is 0.252 e. The molecule has 9 heteroatoms. The van der Waals surface area contributed by atoms with Crippen LogP contribution in [-0.4, -0.2) is 62.4 Å². The topological polar surface area (TPSA) is 81.8 Å². The molecule has 2 saturated heterocycles. The SMILES string of the molecule is O=C(NN1CCNCC1)[C@@H]1CCCN1S(=O)(=O)c1ccc(F)cc1. The standard InChI is InChI=1S/C15H21FN4O3S/c16-12-3-5-13(6-4-12)24(22,23)20-9-1-2-14(20)15(21)18-19-10-7-17-8-11-19/h3-6,14,17H,1-2,7-11H2,(H,18,21)/t14-/m0/s1. The number of amides is 1. The highest BCUT2D eigenvalue weighted by atomic mass is 32.2. The first-order chi connectivity index (χ1) is 11.5. The van der Waals surface area contributed by atoms with Crippen LogP contribution in [0.15, 0.2) is 29.2 Å². The largest absolute Gasteiger partial charge is 0.314 e. The molecular weight excluding hydrogens is 335 g/mol. The van der Waals surface area contributed by atoms with Crippen molar-refractivity contribution in [2.45, 2.75) is 23.8 Å². The van der Waals surface area contributed by atoms with Gasteiger partial charge in [0.1, 0.15) is 11.9 Å². The lowest BCUT2D eigenvalue weighted by atomic mass is 10.2. The lowest BCUT2D eigenvalue weighted by Crippen LogP contribution is -2.56. The van der Waals surface area contributed by atoms with Crippen molar-refractivity contribution in [2.75, 3.05) is 32.7 Å². The lowest BCUT2D eigenvalue weighted by molar-refractivity contribution is -0.129. The molecule has 0 unspecified atom stereocenters. The summed E-state index contributed by atoms with van der Waals surface area (Å²) in [7, 11) is -3.82. The monoisotopic (exact) mass is 356 g/mol. The predicted octanol–water partition coefficient (Wildman–Crippen LogP) is -0.0848. The van der Waals surface area contributed by atoms with Crippen molar-refractivity contribution in [3.8, 4) is 0 Å². The molecule has 2 N–H and O–H groups in total. The molecule has 24 heavy (non-hydrogen) atoms. The van der Waals surface area contributed by atoms with E-state index in [1.165, 1.54) is 16.4 Å². The number of halogens is 1. The van der Waals surface area contributed by atoms with E-state index in [2.05, 4.69) is 10.7 Å². The number of sulfonamides is 1. The fraction of sp³-hybridized carbons (Fsp3) is 0.533. The third kappa shape index (κ3) is 3.59. The summed E-state index contributed by atoms with van der Waals surface area (Å²) in [6, 6.07) is 3.95. The quantitative estimate of drug-likeness (QED) is 0.788. The Balaban J connectivity index is 1.74. The molecule has 3 rings (SSSR count). The van der Waals surface area contributed by atoms with E-state index in [1.54, 1.807) is 5.01 Å². The second-order valence-electron chi connectivity index (χ2n) is 5.94. The van der Waals surface area contributed by atoms with Gasteiger partial charge in [0, 0.05) is 32.7 Å². The van der Waals surface area contributed by atoms with Crippen LogP contribution < -0.4 is 10.7 Å². The summed E-state index contributed by atoms with van der Waals surface area (Å²) in [5.41, 5.74) is 2.81. The predicted molar refractivity (Wildman–Crippen MR) is 85.9 cm³/mol. The summed E-state index contributed by atoms with van der Waals surface area (Å²) in [6.07, 6.45) is 1.11. The van der Waals surface area contributed by atoms with E-state index in [0.717, 1.165) is 25.2 Å². The maximum absolute atomic E-state index is 13.0. The van der Waals surface area contributed by atoms with Crippen molar-refractivity contribution in [2.24, 2.45) is 0 Å². The van der Waals surface area contributed by atoms with Crippen LogP contribution in [0.1, 0.15) is 12.8 Å². The van der Waals surface area contributed by atoms with Gasteiger partial charge in [-0.3, -0.25) is 10.2 Å². The average molecular weight is 356 g/mol. The minimum atomic E-state index is -3.82. The van der Waals surface area contributed by atoms with Gasteiger partial charge in [-0.05, 0) is 37.1 Å². The summed E-state index contributed by atoms with van der Waals surface area (Å²) >= 11 is 0. The summed E-state index contributed by atoms with van der Waals surface area (Å²) in [5, 5.41) is 4.99. The summed E-state index contributed by atoms with van der Waals surface area (Å²) in [5.74, 6) is -0.802. The van der Waals surface area contributed by atoms with Crippen molar-refractivity contribution in [3.63, 3.8) is 0 Å². The van der Waals surface area contributed by atoms with E-state index in [-0.39, 0.29) is 10.8 Å². The molecule has 1 amide bonds. The molecule has 1 aromatic carbocycles. The van der Waals surface area contributed by atoms with Crippen molar-refractivity contribution < 1.29 is 17.6 Å². The molecule has 1 atom stereocenters. The number of hydrazine groups is 1. The van der Waals surface area contributed by atoms with E-state index in [9.17, 15) is 17.6 Å². The van der Waals surface area contributed by atoms with Crippen LogP contribution in [0.5, 0.6) is 0 Å². The zero-order valence-electron chi connectivity index (χ0n) is 13.2. The number of hydrogen-bond acceptors (Lipinski definition) is 5. The molecule has 2 fully saturated rings. The molecule has 132 valence electrons. The van der Waals surface area contributed by atoms with Crippen molar-refractivity contribution in [1.82, 2.24) is 20.1 Å². The van der Waals surface area contributed by atoms with Crippen LogP contribution in [0, 0.1) is 5.82 Å². The Morgan fingerprint density at radius 1 is 1.17 bits per heavy atom. The first-order valence-corrected chi connectivity index (χ1v) is 9.46. The van der Waals surface area contributed by atoms with Crippen molar-refractivity contribution in [1.29, 1.82) is 0 Å². The van der Waals surface area contributed by atoms with E-state index >= 15 is 0 Å². The van der Waals surface area contributed by atoms with Crippen LogP contribution in [0.25, 0.3) is 0 Å². The molecule has 2 aliphatic heterocycles. The Bertz CT molecular complexity index is 689. The van der Waals surface area contributed by atoms with Crippen LogP contribution in [0.4, 0.5) is 4.39 Å². The fourth-order valence-electron chi connectivity index (χ4n) is 3.04. The first-order valence-electron chi connectivity index (χ1n) is 8.02. The molecular formula is C15H21FN4O3S. The fourth-order valence-corrected chi connectivity index (χ4v) is 4.70. The summed E-state index contributed by atoms with van der Waals surface area (Å²) in [4.78, 5) is 12.5. The molecule has 0 radical (unpaired) electrons. The maximum atomic E-state index is 13.0. The lowest BCUT2D eigenvalue weighted by Gasteiger charge is -2.30. The molecule has 0 spiro atoms. The normalized spacial score (nSPS) is 23.3. The second-order valence-corrected chi connectivity index (χ2v) is 7.83. The highest BCUT2D eigenvalue weighted by molar-refractivity contribution is 7.89. The number of benzene rings is 1. The van der Waals surface area contributed by atoms with Crippen LogP contribution >= 0.6 is 0 Å². The zero-order chi connectivity index (χ0) is 17.2. The number of carbonyl (C=O) groups is 1. The van der Waals surface area contributed by atoms with Gasteiger partial charge in [-0.25, -0.2) is 17.8 Å². The molecule has 7 nitrogen and oxygen atoms in total. The molecule has 0 aromatic heterocycles. The number of hydrogen-bond donors (Lipinski definition) is 2. The van der Waals surface area contributed by atoms with E-state index in [4.69, 9.17) is 0 Å². The third-order valence-corrected chi connectivity index (χ3v) is 6.23. The Morgan fingerprint density at radius 3 is 2.50 bits per heavy atom. The summed E-state index contributed by atoms with van der Waals surface area (Å²) in [6.45, 7) is 3.22. The van der Waals surface area contributed by atoms with Gasteiger partial charge in [0.05, 0.1) is 4.90 Å². The zero-order valence-corrected chi connectivity index (χ0v) is 14.1. The number of rotatable bonds is 4. The van der Waals surface area contributed by atoms with E-state index < -0.39 is 21.9 Å². The van der Waals surface area contributed by atoms with Gasteiger partial charge in [0.2, 0.25) is 10.0 Å². The van der Waals surface area contributed by atoms with Gasteiger partial charge in [0.25, 0.3) is 5.91 Å².